The predicted octanol–water partition coefficient (Wildman–Crippen LogP) is 2.02. The molecule has 1 N–H and O–H groups in total. The Morgan fingerprint density at radius 1 is 1.36 bits per heavy atom. The van der Waals surface area contributed by atoms with Gasteiger partial charge in [0.1, 0.15) is 0 Å². The van der Waals surface area contributed by atoms with Gasteiger partial charge in [0, 0.05) is 37.9 Å². The van der Waals surface area contributed by atoms with E-state index in [2.05, 4.69) is 20.7 Å². The summed E-state index contributed by atoms with van der Waals surface area (Å²) >= 11 is 0. The van der Waals surface area contributed by atoms with Crippen molar-refractivity contribution < 1.29 is 4.79 Å². The van der Waals surface area contributed by atoms with Gasteiger partial charge >= 0.3 is 6.03 Å². The average Bonchev–Trinajstić information content (AvgIpc) is 3.36. The van der Waals surface area contributed by atoms with Gasteiger partial charge in [0.2, 0.25) is 0 Å². The summed E-state index contributed by atoms with van der Waals surface area (Å²) in [6.07, 6.45) is 8.24. The van der Waals surface area contributed by atoms with Crippen LogP contribution >= 0.6 is 0 Å². The second-order valence-electron chi connectivity index (χ2n) is 6.21. The number of rotatable bonds is 3. The lowest BCUT2D eigenvalue weighted by Gasteiger charge is -2.17. The van der Waals surface area contributed by atoms with Crippen LogP contribution in [-0.2, 0) is 7.05 Å². The molecule has 1 fully saturated rings. The van der Waals surface area contributed by atoms with Crippen molar-refractivity contribution in [3.8, 4) is 5.69 Å². The molecule has 25 heavy (non-hydrogen) atoms. The number of amides is 2. The Morgan fingerprint density at radius 3 is 3.04 bits per heavy atom. The van der Waals surface area contributed by atoms with Gasteiger partial charge in [0.25, 0.3) is 0 Å². The first-order valence-corrected chi connectivity index (χ1v) is 8.20. The first kappa shape index (κ1) is 15.4. The van der Waals surface area contributed by atoms with Crippen molar-refractivity contribution in [2.45, 2.75) is 12.3 Å². The van der Waals surface area contributed by atoms with Crippen molar-refractivity contribution in [2.24, 2.45) is 7.05 Å². The zero-order chi connectivity index (χ0) is 17.2. The van der Waals surface area contributed by atoms with Crippen LogP contribution in [0.1, 0.15) is 17.9 Å². The number of likely N-dealkylation sites (tertiary alicyclic amines) is 1. The molecule has 2 amide bonds. The number of hydrogen-bond donors (Lipinski definition) is 1. The Hall–Kier alpha value is -3.16. The Bertz CT molecular complexity index is 871. The molecule has 1 aliphatic rings. The van der Waals surface area contributed by atoms with E-state index in [9.17, 15) is 4.79 Å². The van der Waals surface area contributed by atoms with Gasteiger partial charge < -0.3 is 10.2 Å². The number of aryl methyl sites for hydroxylation is 1. The Morgan fingerprint density at radius 2 is 2.28 bits per heavy atom. The molecule has 0 radical (unpaired) electrons. The third-order valence-electron chi connectivity index (χ3n) is 4.46. The molecule has 0 aliphatic carbocycles. The van der Waals surface area contributed by atoms with Crippen LogP contribution in [0.15, 0.2) is 49.1 Å². The molecule has 0 saturated carbocycles. The SMILES string of the molecule is Cn1cc(C2CCN(C(=O)Nc3cccc(-n4ccnn4)c3)C2)cn1. The monoisotopic (exact) mass is 337 g/mol. The van der Waals surface area contributed by atoms with Crippen molar-refractivity contribution in [3.63, 3.8) is 0 Å². The molecule has 0 bridgehead atoms. The molecule has 0 spiro atoms. The zero-order valence-electron chi connectivity index (χ0n) is 13.9. The zero-order valence-corrected chi connectivity index (χ0v) is 13.9. The van der Waals surface area contributed by atoms with Crippen LogP contribution in [0.5, 0.6) is 0 Å². The smallest absolute Gasteiger partial charge is 0.321 e. The molecular weight excluding hydrogens is 318 g/mol. The molecule has 3 aromatic rings. The molecule has 3 heterocycles. The van der Waals surface area contributed by atoms with Gasteiger partial charge in [-0.05, 0) is 30.2 Å². The minimum absolute atomic E-state index is 0.0814. The lowest BCUT2D eigenvalue weighted by atomic mass is 10.0. The topological polar surface area (TPSA) is 80.9 Å². The molecule has 1 atom stereocenters. The fourth-order valence-electron chi connectivity index (χ4n) is 3.14. The maximum absolute atomic E-state index is 12.6. The Balaban J connectivity index is 1.42. The van der Waals surface area contributed by atoms with Gasteiger partial charge in [-0.3, -0.25) is 4.68 Å². The third kappa shape index (κ3) is 3.23. The van der Waals surface area contributed by atoms with Crippen LogP contribution in [0.2, 0.25) is 0 Å². The van der Waals surface area contributed by atoms with E-state index in [1.54, 1.807) is 21.8 Å². The van der Waals surface area contributed by atoms with E-state index in [-0.39, 0.29) is 6.03 Å². The van der Waals surface area contributed by atoms with Gasteiger partial charge in [-0.2, -0.15) is 5.10 Å². The minimum atomic E-state index is -0.0814. The molecule has 1 aromatic carbocycles. The molecule has 1 aliphatic heterocycles. The van der Waals surface area contributed by atoms with E-state index in [0.29, 0.717) is 12.5 Å². The van der Waals surface area contributed by atoms with Crippen LogP contribution < -0.4 is 5.32 Å². The molecular formula is C17H19N7O. The quantitative estimate of drug-likeness (QED) is 0.793. The minimum Gasteiger partial charge on any atom is -0.324 e. The molecule has 1 unspecified atom stereocenters. The molecule has 128 valence electrons. The Kier molecular flexibility index (Phi) is 3.93. The lowest BCUT2D eigenvalue weighted by Crippen LogP contribution is -2.32. The van der Waals surface area contributed by atoms with Crippen LogP contribution in [0, 0.1) is 0 Å². The number of urea groups is 1. The molecule has 8 heteroatoms. The number of nitrogens with zero attached hydrogens (tertiary/aromatic N) is 6. The maximum atomic E-state index is 12.6. The summed E-state index contributed by atoms with van der Waals surface area (Å²) in [5.74, 6) is 0.348. The largest absolute Gasteiger partial charge is 0.324 e. The van der Waals surface area contributed by atoms with Gasteiger partial charge in [0.15, 0.2) is 0 Å². The summed E-state index contributed by atoms with van der Waals surface area (Å²) in [6, 6.07) is 7.46. The number of nitrogens with one attached hydrogen (secondary N) is 1. The number of benzene rings is 1. The van der Waals surface area contributed by atoms with Crippen molar-refractivity contribution in [2.75, 3.05) is 18.4 Å². The average molecular weight is 337 g/mol. The number of carbonyl (C=O) groups excluding carboxylic acids is 1. The van der Waals surface area contributed by atoms with Crippen LogP contribution in [0.3, 0.4) is 0 Å². The summed E-state index contributed by atoms with van der Waals surface area (Å²) in [7, 11) is 1.91. The number of carbonyl (C=O) groups is 1. The summed E-state index contributed by atoms with van der Waals surface area (Å²) in [6.45, 7) is 1.45. The van der Waals surface area contributed by atoms with Crippen molar-refractivity contribution in [3.05, 3.63) is 54.6 Å². The first-order valence-electron chi connectivity index (χ1n) is 8.20. The summed E-state index contributed by atoms with van der Waals surface area (Å²) < 4.78 is 3.46. The van der Waals surface area contributed by atoms with Crippen LogP contribution in [0.4, 0.5) is 10.5 Å². The predicted molar refractivity (Wildman–Crippen MR) is 92.5 cm³/mol. The molecule has 8 nitrogen and oxygen atoms in total. The number of hydrogen-bond acceptors (Lipinski definition) is 4. The van der Waals surface area contributed by atoms with Gasteiger partial charge in [-0.1, -0.05) is 11.3 Å². The molecule has 2 aromatic heterocycles. The number of anilines is 1. The van der Waals surface area contributed by atoms with E-state index in [1.807, 2.05) is 48.6 Å². The van der Waals surface area contributed by atoms with Crippen LogP contribution in [-0.4, -0.2) is 48.8 Å². The van der Waals surface area contributed by atoms with E-state index >= 15 is 0 Å². The number of aromatic nitrogens is 5. The lowest BCUT2D eigenvalue weighted by molar-refractivity contribution is 0.222. The van der Waals surface area contributed by atoms with Crippen LogP contribution in [0.25, 0.3) is 5.69 Å². The second kappa shape index (κ2) is 6.39. The highest BCUT2D eigenvalue weighted by Gasteiger charge is 2.28. The van der Waals surface area contributed by atoms with Crippen molar-refractivity contribution in [1.82, 2.24) is 29.7 Å². The maximum Gasteiger partial charge on any atom is 0.321 e. The highest BCUT2D eigenvalue weighted by Crippen LogP contribution is 2.27. The van der Waals surface area contributed by atoms with E-state index in [0.717, 1.165) is 24.3 Å². The molecule has 1 saturated heterocycles. The Labute approximate surface area is 145 Å². The first-order chi connectivity index (χ1) is 12.2. The molecule has 4 rings (SSSR count). The van der Waals surface area contributed by atoms with E-state index in [4.69, 9.17) is 0 Å². The second-order valence-corrected chi connectivity index (χ2v) is 6.21. The summed E-state index contributed by atoms with van der Waals surface area (Å²) in [5.41, 5.74) is 2.78. The third-order valence-corrected chi connectivity index (χ3v) is 4.46. The van der Waals surface area contributed by atoms with Crippen molar-refractivity contribution in [1.29, 1.82) is 0 Å². The van der Waals surface area contributed by atoms with E-state index < -0.39 is 0 Å². The van der Waals surface area contributed by atoms with Gasteiger partial charge in [0.05, 0.1) is 24.3 Å². The van der Waals surface area contributed by atoms with Gasteiger partial charge in [-0.25, -0.2) is 9.48 Å². The van der Waals surface area contributed by atoms with Gasteiger partial charge in [-0.15, -0.1) is 5.10 Å². The fraction of sp³-hybridized carbons (Fsp3) is 0.294. The van der Waals surface area contributed by atoms with Crippen molar-refractivity contribution >= 4 is 11.7 Å². The standard InChI is InChI=1S/C17H19N7O/c1-22-11-14(10-19-22)13-5-7-23(12-13)17(25)20-15-3-2-4-16(9-15)24-8-6-18-21-24/h2-4,6,8-11,13H,5,7,12H2,1H3,(H,20,25). The summed E-state index contributed by atoms with van der Waals surface area (Å²) in [5, 5.41) is 15.0. The summed E-state index contributed by atoms with van der Waals surface area (Å²) in [4.78, 5) is 14.4. The highest BCUT2D eigenvalue weighted by atomic mass is 16.2. The fourth-order valence-corrected chi connectivity index (χ4v) is 3.14. The van der Waals surface area contributed by atoms with E-state index in [1.165, 1.54) is 5.56 Å². The normalized spacial score (nSPS) is 17.0. The highest BCUT2D eigenvalue weighted by molar-refractivity contribution is 5.89.